The molecule has 0 aromatic rings. The Hall–Kier alpha value is -0.140. The van der Waals surface area contributed by atoms with Crippen molar-refractivity contribution < 1.29 is 23.7 Å². The quantitative estimate of drug-likeness (QED) is 0.426. The molecule has 0 spiro atoms. The van der Waals surface area contributed by atoms with Crippen molar-refractivity contribution in [1.82, 2.24) is 0 Å². The molecular weight excluding hydrogens is 268 g/mol. The summed E-state index contributed by atoms with van der Waals surface area (Å²) in [4.78, 5) is 10.6. The zero-order valence-corrected chi connectivity index (χ0v) is 12.8. The van der Waals surface area contributed by atoms with Crippen LogP contribution in [0.4, 0.5) is 0 Å². The summed E-state index contributed by atoms with van der Waals surface area (Å²) in [6, 6.07) is 0. The molecule has 0 aliphatic carbocycles. The molecule has 114 valence electrons. The molecule has 0 fully saturated rings. The fraction of sp³-hybridized carbons (Fsp3) is 0.923. The normalized spacial score (nSPS) is 10.8. The molecule has 0 amide bonds. The van der Waals surface area contributed by atoms with Crippen LogP contribution in [0.1, 0.15) is 13.3 Å². The van der Waals surface area contributed by atoms with Crippen molar-refractivity contribution in [2.75, 3.05) is 64.9 Å². The van der Waals surface area contributed by atoms with Gasteiger partial charge < -0.3 is 18.9 Å². The number of rotatable bonds is 15. The van der Waals surface area contributed by atoms with Crippen molar-refractivity contribution in [1.29, 1.82) is 0 Å². The molecule has 0 heterocycles. The molecule has 6 heteroatoms. The van der Waals surface area contributed by atoms with Crippen LogP contribution in [0.3, 0.4) is 0 Å². The SMILES string of the molecule is CSCCOCCOCCOCCOCCC(C)=O. The molecule has 0 aromatic heterocycles. The lowest BCUT2D eigenvalue weighted by Gasteiger charge is -2.07. The Bertz CT molecular complexity index is 201. The Morgan fingerprint density at radius 2 is 1.21 bits per heavy atom. The van der Waals surface area contributed by atoms with Crippen LogP contribution >= 0.6 is 11.8 Å². The second-order valence-electron chi connectivity index (χ2n) is 3.89. The molecule has 0 aliphatic rings. The second kappa shape index (κ2) is 15.9. The largest absolute Gasteiger partial charge is 0.379 e. The summed E-state index contributed by atoms with van der Waals surface area (Å²) in [5.74, 6) is 1.17. The molecule has 19 heavy (non-hydrogen) atoms. The van der Waals surface area contributed by atoms with E-state index in [1.54, 1.807) is 18.7 Å². The van der Waals surface area contributed by atoms with Crippen LogP contribution in [0.2, 0.25) is 0 Å². The summed E-state index contributed by atoms with van der Waals surface area (Å²) in [6.07, 6.45) is 2.53. The van der Waals surface area contributed by atoms with E-state index in [0.29, 0.717) is 52.7 Å². The molecular formula is C13H26O5S. The van der Waals surface area contributed by atoms with Gasteiger partial charge in [-0.1, -0.05) is 0 Å². The topological polar surface area (TPSA) is 54.0 Å². The van der Waals surface area contributed by atoms with E-state index >= 15 is 0 Å². The molecule has 0 bridgehead atoms. The van der Waals surface area contributed by atoms with Gasteiger partial charge in [0.1, 0.15) is 5.78 Å². The number of ketones is 1. The summed E-state index contributed by atoms with van der Waals surface area (Å²) < 4.78 is 21.2. The lowest BCUT2D eigenvalue weighted by atomic mass is 10.3. The Morgan fingerprint density at radius 3 is 1.63 bits per heavy atom. The van der Waals surface area contributed by atoms with E-state index in [4.69, 9.17) is 18.9 Å². The monoisotopic (exact) mass is 294 g/mol. The molecule has 0 N–H and O–H groups in total. The third-order valence-electron chi connectivity index (χ3n) is 2.15. The first-order valence-electron chi connectivity index (χ1n) is 6.56. The predicted octanol–water partition coefficient (Wildman–Crippen LogP) is 1.39. The zero-order valence-electron chi connectivity index (χ0n) is 12.0. The van der Waals surface area contributed by atoms with Gasteiger partial charge in [-0.05, 0) is 13.2 Å². The molecule has 0 aromatic carbocycles. The van der Waals surface area contributed by atoms with Crippen LogP contribution < -0.4 is 0 Å². The van der Waals surface area contributed by atoms with Crippen LogP contribution in [-0.4, -0.2) is 70.6 Å². The van der Waals surface area contributed by atoms with Crippen LogP contribution in [0, 0.1) is 0 Å². The zero-order chi connectivity index (χ0) is 14.2. The number of Topliss-reactive ketones (excluding diaryl/α,β-unsaturated/α-hetero) is 1. The minimum absolute atomic E-state index is 0.147. The van der Waals surface area contributed by atoms with E-state index in [1.807, 2.05) is 0 Å². The summed E-state index contributed by atoms with van der Waals surface area (Å²) in [5, 5.41) is 0. The maximum atomic E-state index is 10.6. The Labute approximate surface area is 120 Å². The number of thioether (sulfide) groups is 1. The first kappa shape index (κ1) is 18.9. The lowest BCUT2D eigenvalue weighted by molar-refractivity contribution is -0.118. The molecule has 5 nitrogen and oxygen atoms in total. The molecule has 0 saturated carbocycles. The minimum atomic E-state index is 0.147. The summed E-state index contributed by atoms with van der Waals surface area (Å²) in [5.41, 5.74) is 0. The van der Waals surface area contributed by atoms with E-state index in [1.165, 1.54) is 0 Å². The second-order valence-corrected chi connectivity index (χ2v) is 4.88. The van der Waals surface area contributed by atoms with Gasteiger partial charge in [0.2, 0.25) is 0 Å². The van der Waals surface area contributed by atoms with E-state index in [0.717, 1.165) is 12.4 Å². The number of carbonyl (C=O) groups is 1. The van der Waals surface area contributed by atoms with Gasteiger partial charge in [-0.25, -0.2) is 0 Å². The van der Waals surface area contributed by atoms with Gasteiger partial charge in [0.15, 0.2) is 0 Å². The summed E-state index contributed by atoms with van der Waals surface area (Å²) >= 11 is 1.77. The molecule has 0 atom stereocenters. The Balaban J connectivity index is 2.93. The number of carbonyl (C=O) groups excluding carboxylic acids is 1. The van der Waals surface area contributed by atoms with Gasteiger partial charge in [-0.15, -0.1) is 0 Å². The smallest absolute Gasteiger partial charge is 0.132 e. The van der Waals surface area contributed by atoms with Crippen molar-refractivity contribution in [3.63, 3.8) is 0 Å². The molecule has 0 radical (unpaired) electrons. The summed E-state index contributed by atoms with van der Waals surface area (Å²) in [7, 11) is 0. The highest BCUT2D eigenvalue weighted by molar-refractivity contribution is 7.98. The highest BCUT2D eigenvalue weighted by atomic mass is 32.2. The Morgan fingerprint density at radius 1 is 0.789 bits per heavy atom. The van der Waals surface area contributed by atoms with Gasteiger partial charge in [0.25, 0.3) is 0 Å². The van der Waals surface area contributed by atoms with E-state index in [-0.39, 0.29) is 5.78 Å². The average Bonchev–Trinajstić information content (AvgIpc) is 2.39. The molecule has 0 aliphatic heterocycles. The van der Waals surface area contributed by atoms with Gasteiger partial charge in [-0.3, -0.25) is 4.79 Å². The molecule has 0 unspecified atom stereocenters. The van der Waals surface area contributed by atoms with Gasteiger partial charge in [-0.2, -0.15) is 11.8 Å². The number of hydrogen-bond donors (Lipinski definition) is 0. The average molecular weight is 294 g/mol. The van der Waals surface area contributed by atoms with Crippen molar-refractivity contribution in [3.05, 3.63) is 0 Å². The van der Waals surface area contributed by atoms with Gasteiger partial charge >= 0.3 is 0 Å². The maximum Gasteiger partial charge on any atom is 0.132 e. The van der Waals surface area contributed by atoms with Crippen LogP contribution in [-0.2, 0) is 23.7 Å². The minimum Gasteiger partial charge on any atom is -0.379 e. The van der Waals surface area contributed by atoms with Crippen molar-refractivity contribution in [2.24, 2.45) is 0 Å². The maximum absolute atomic E-state index is 10.6. The first-order chi connectivity index (χ1) is 9.27. The number of ether oxygens (including phenoxy) is 4. The molecule has 0 saturated heterocycles. The lowest BCUT2D eigenvalue weighted by Crippen LogP contribution is -2.12. The van der Waals surface area contributed by atoms with Crippen molar-refractivity contribution in [3.8, 4) is 0 Å². The summed E-state index contributed by atoms with van der Waals surface area (Å²) in [6.45, 7) is 6.22. The van der Waals surface area contributed by atoms with Gasteiger partial charge in [0.05, 0.1) is 52.9 Å². The van der Waals surface area contributed by atoms with E-state index in [2.05, 4.69) is 6.26 Å². The highest BCUT2D eigenvalue weighted by Gasteiger charge is 1.94. The standard InChI is InChI=1S/C13H26O5S/c1-13(14)3-4-15-5-6-16-7-8-17-9-10-18-11-12-19-2/h3-12H2,1-2H3. The number of hydrogen-bond acceptors (Lipinski definition) is 6. The van der Waals surface area contributed by atoms with Crippen LogP contribution in [0.15, 0.2) is 0 Å². The third kappa shape index (κ3) is 17.9. The fourth-order valence-electron chi connectivity index (χ4n) is 1.12. The van der Waals surface area contributed by atoms with E-state index in [9.17, 15) is 4.79 Å². The van der Waals surface area contributed by atoms with Gasteiger partial charge in [0, 0.05) is 12.2 Å². The van der Waals surface area contributed by atoms with Crippen LogP contribution in [0.25, 0.3) is 0 Å². The Kier molecular flexibility index (Phi) is 15.8. The van der Waals surface area contributed by atoms with Crippen LogP contribution in [0.5, 0.6) is 0 Å². The van der Waals surface area contributed by atoms with Crippen molar-refractivity contribution in [2.45, 2.75) is 13.3 Å². The predicted molar refractivity (Wildman–Crippen MR) is 77.0 cm³/mol. The van der Waals surface area contributed by atoms with E-state index < -0.39 is 0 Å². The fourth-order valence-corrected chi connectivity index (χ4v) is 1.40. The first-order valence-corrected chi connectivity index (χ1v) is 7.96. The highest BCUT2D eigenvalue weighted by Crippen LogP contribution is 1.90. The van der Waals surface area contributed by atoms with Crippen molar-refractivity contribution >= 4 is 17.5 Å². The molecule has 0 rings (SSSR count). The third-order valence-corrected chi connectivity index (χ3v) is 2.72.